The maximum Gasteiger partial charge on any atom is 0.249 e. The summed E-state index contributed by atoms with van der Waals surface area (Å²) in [6.07, 6.45) is 9.32. The van der Waals surface area contributed by atoms with Crippen molar-refractivity contribution in [2.24, 2.45) is 0 Å². The fourth-order valence-corrected chi connectivity index (χ4v) is 4.87. The van der Waals surface area contributed by atoms with Gasteiger partial charge in [0.25, 0.3) is 0 Å². The quantitative estimate of drug-likeness (QED) is 0.597. The van der Waals surface area contributed by atoms with Crippen LogP contribution in [0.5, 0.6) is 0 Å². The lowest BCUT2D eigenvalue weighted by Crippen LogP contribution is -2.55. The van der Waals surface area contributed by atoms with Gasteiger partial charge >= 0.3 is 0 Å². The van der Waals surface area contributed by atoms with Crippen molar-refractivity contribution in [3.8, 4) is 11.4 Å². The first-order valence-electron chi connectivity index (χ1n) is 12.1. The molecule has 3 heterocycles. The molecule has 4 rings (SSSR count). The van der Waals surface area contributed by atoms with E-state index in [0.29, 0.717) is 18.4 Å². The first-order valence-corrected chi connectivity index (χ1v) is 12.1. The van der Waals surface area contributed by atoms with Gasteiger partial charge in [0.1, 0.15) is 11.7 Å². The molecule has 2 atom stereocenters. The van der Waals surface area contributed by atoms with Gasteiger partial charge in [0, 0.05) is 37.6 Å². The number of rotatable bonds is 7. The van der Waals surface area contributed by atoms with Crippen molar-refractivity contribution in [3.05, 3.63) is 30.2 Å². The summed E-state index contributed by atoms with van der Waals surface area (Å²) in [4.78, 5) is 30.9. The van der Waals surface area contributed by atoms with Gasteiger partial charge in [0.2, 0.25) is 12.3 Å². The smallest absolute Gasteiger partial charge is 0.249 e. The predicted molar refractivity (Wildman–Crippen MR) is 131 cm³/mol. The second-order valence-electron chi connectivity index (χ2n) is 10.1. The molecule has 1 fully saturated rings. The molecule has 184 valence electrons. The van der Waals surface area contributed by atoms with E-state index in [2.05, 4.69) is 27.1 Å². The molecule has 0 saturated heterocycles. The zero-order valence-electron chi connectivity index (χ0n) is 20.8. The number of carbonyl (C=O) groups excluding carboxylic acids is 1. The Morgan fingerprint density at radius 1 is 1.26 bits per heavy atom. The summed E-state index contributed by atoms with van der Waals surface area (Å²) in [5.41, 5.74) is 1.94. The van der Waals surface area contributed by atoms with Gasteiger partial charge < -0.3 is 19.6 Å². The summed E-state index contributed by atoms with van der Waals surface area (Å²) in [6, 6.07) is 1.98. The Bertz CT molecular complexity index is 1020. The van der Waals surface area contributed by atoms with E-state index in [0.717, 1.165) is 41.9 Å². The zero-order chi connectivity index (χ0) is 24.5. The van der Waals surface area contributed by atoms with Crippen molar-refractivity contribution >= 4 is 17.4 Å². The van der Waals surface area contributed by atoms with Crippen molar-refractivity contribution in [2.75, 3.05) is 16.8 Å². The Morgan fingerprint density at radius 3 is 2.68 bits per heavy atom. The Morgan fingerprint density at radius 2 is 2.00 bits per heavy atom. The Kier molecular flexibility index (Phi) is 7.16. The second-order valence-corrected chi connectivity index (χ2v) is 10.1. The van der Waals surface area contributed by atoms with Gasteiger partial charge in [0.15, 0.2) is 11.6 Å². The van der Waals surface area contributed by atoms with Gasteiger partial charge in [-0.25, -0.2) is 9.97 Å². The number of hydrogen-bond acceptors (Lipinski definition) is 8. The third-order valence-electron chi connectivity index (χ3n) is 6.49. The molecular weight excluding hydrogens is 432 g/mol. The van der Waals surface area contributed by atoms with Gasteiger partial charge in [-0.3, -0.25) is 15.1 Å². The number of carbonyl (C=O) groups is 1. The van der Waals surface area contributed by atoms with Crippen LogP contribution in [0.3, 0.4) is 0 Å². The van der Waals surface area contributed by atoms with E-state index in [1.165, 1.54) is 12.8 Å². The highest BCUT2D eigenvalue weighted by molar-refractivity contribution is 6.04. The van der Waals surface area contributed by atoms with Gasteiger partial charge in [-0.2, -0.15) is 0 Å². The number of aliphatic hydroxyl groups excluding tert-OH is 1. The molecule has 2 N–H and O–H groups in total. The molecule has 1 amide bonds. The van der Waals surface area contributed by atoms with E-state index in [9.17, 15) is 9.90 Å². The molecule has 2 aliphatic rings. The van der Waals surface area contributed by atoms with Crippen LogP contribution in [0, 0.1) is 0 Å². The molecular formula is C25H36N6O3. The first-order chi connectivity index (χ1) is 16.2. The number of likely N-dealkylation sites (N-methyl/N-ethyl adjacent to an activating group) is 1. The molecule has 9 nitrogen and oxygen atoms in total. The Balaban J connectivity index is 1.67. The normalized spacial score (nSPS) is 20.1. The van der Waals surface area contributed by atoms with E-state index in [-0.39, 0.29) is 11.9 Å². The third kappa shape index (κ3) is 5.06. The van der Waals surface area contributed by atoms with E-state index in [4.69, 9.17) is 9.72 Å². The lowest BCUT2D eigenvalue weighted by Gasteiger charge is -2.43. The van der Waals surface area contributed by atoms with E-state index in [1.807, 2.05) is 26.8 Å². The van der Waals surface area contributed by atoms with Gasteiger partial charge in [-0.1, -0.05) is 19.8 Å². The zero-order valence-corrected chi connectivity index (χ0v) is 20.8. The molecule has 2 aromatic rings. The summed E-state index contributed by atoms with van der Waals surface area (Å²) in [5, 5.41) is 13.2. The van der Waals surface area contributed by atoms with Crippen molar-refractivity contribution in [1.82, 2.24) is 20.3 Å². The molecule has 1 aliphatic carbocycles. The number of nitrogens with zero attached hydrogens (tertiary/aromatic N) is 5. The molecule has 9 heteroatoms. The molecule has 0 radical (unpaired) electrons. The van der Waals surface area contributed by atoms with Crippen molar-refractivity contribution in [1.29, 1.82) is 0 Å². The van der Waals surface area contributed by atoms with Crippen LogP contribution in [0.1, 0.15) is 65.4 Å². The fraction of sp³-hybridized carbons (Fsp3) is 0.600. The number of pyridine rings is 1. The van der Waals surface area contributed by atoms with Gasteiger partial charge in [0.05, 0.1) is 11.8 Å². The van der Waals surface area contributed by atoms with E-state index < -0.39 is 12.0 Å². The summed E-state index contributed by atoms with van der Waals surface area (Å²) in [7, 11) is 1.80. The van der Waals surface area contributed by atoms with Crippen molar-refractivity contribution in [3.63, 3.8) is 0 Å². The number of fused-ring (bicyclic) bond motifs is 1. The largest absolute Gasteiger partial charge is 0.356 e. The molecule has 0 aromatic carbocycles. The maximum atomic E-state index is 13.1. The molecule has 2 aromatic heterocycles. The number of anilines is 2. The third-order valence-corrected chi connectivity index (χ3v) is 6.49. The van der Waals surface area contributed by atoms with Crippen LogP contribution in [0.25, 0.3) is 11.4 Å². The second kappa shape index (κ2) is 9.93. The number of aromatic nitrogens is 3. The maximum absolute atomic E-state index is 13.1. The van der Waals surface area contributed by atoms with E-state index >= 15 is 0 Å². The van der Waals surface area contributed by atoms with Crippen LogP contribution >= 0.6 is 0 Å². The predicted octanol–water partition coefficient (Wildman–Crippen LogP) is 3.22. The van der Waals surface area contributed by atoms with Crippen LogP contribution in [-0.2, 0) is 16.1 Å². The van der Waals surface area contributed by atoms with Crippen LogP contribution in [-0.4, -0.2) is 57.1 Å². The summed E-state index contributed by atoms with van der Waals surface area (Å²) >= 11 is 0. The lowest BCUT2D eigenvalue weighted by atomic mass is 10.0. The van der Waals surface area contributed by atoms with E-state index in [1.54, 1.807) is 30.5 Å². The lowest BCUT2D eigenvalue weighted by molar-refractivity contribution is -0.182. The topological polar surface area (TPSA) is 104 Å². The van der Waals surface area contributed by atoms with Crippen LogP contribution < -0.4 is 15.1 Å². The molecule has 0 spiro atoms. The van der Waals surface area contributed by atoms with Crippen LogP contribution in [0.2, 0.25) is 0 Å². The SMILES string of the molecule is CCC1C(=O)N(C)c2cnc(-c3ccncc3CNC(O)OC(C)(C)C)nc2N1C1CCCC1. The Labute approximate surface area is 201 Å². The molecule has 34 heavy (non-hydrogen) atoms. The minimum absolute atomic E-state index is 0.0971. The van der Waals surface area contributed by atoms with Gasteiger partial charge in [-0.05, 0) is 51.7 Å². The number of amides is 1. The Hall–Kier alpha value is -2.62. The summed E-state index contributed by atoms with van der Waals surface area (Å²) in [6.45, 7) is 8.05. The number of ether oxygens (including phenoxy) is 1. The molecule has 1 saturated carbocycles. The average Bonchev–Trinajstić information content (AvgIpc) is 3.33. The van der Waals surface area contributed by atoms with Crippen LogP contribution in [0.4, 0.5) is 11.5 Å². The monoisotopic (exact) mass is 468 g/mol. The van der Waals surface area contributed by atoms with Crippen molar-refractivity contribution in [2.45, 2.75) is 90.4 Å². The number of hydrogen-bond donors (Lipinski definition) is 2. The highest BCUT2D eigenvalue weighted by atomic mass is 16.6. The summed E-state index contributed by atoms with van der Waals surface area (Å²) in [5.74, 6) is 1.49. The highest BCUT2D eigenvalue weighted by Gasteiger charge is 2.41. The number of nitrogens with one attached hydrogen (secondary N) is 1. The minimum Gasteiger partial charge on any atom is -0.356 e. The highest BCUT2D eigenvalue weighted by Crippen LogP contribution is 2.40. The average molecular weight is 469 g/mol. The standard InChI is InChI=1S/C25H36N6O3/c1-6-19-23(32)30(5)20-15-27-21(29-22(20)31(19)17-9-7-8-10-17)18-11-12-26-13-16(18)14-28-24(33)34-25(2,3)4/h11-13,15,17,19,24,28,33H,6-10,14H2,1-5H3. The van der Waals surface area contributed by atoms with Crippen molar-refractivity contribution < 1.29 is 14.6 Å². The molecule has 0 bridgehead atoms. The molecule has 1 aliphatic heterocycles. The fourth-order valence-electron chi connectivity index (χ4n) is 4.87. The van der Waals surface area contributed by atoms with Crippen LogP contribution in [0.15, 0.2) is 24.7 Å². The molecule has 2 unspecified atom stereocenters. The first kappa shape index (κ1) is 24.5. The number of aliphatic hydroxyl groups is 1. The minimum atomic E-state index is -1.11. The van der Waals surface area contributed by atoms with Gasteiger partial charge in [-0.15, -0.1) is 0 Å². The summed E-state index contributed by atoms with van der Waals surface area (Å²) < 4.78 is 5.55.